The molecule has 23 heavy (non-hydrogen) atoms. The Bertz CT molecular complexity index is 612. The zero-order valence-electron chi connectivity index (χ0n) is 14.0. The van der Waals surface area contributed by atoms with Gasteiger partial charge in [0.1, 0.15) is 10.0 Å². The second-order valence-corrected chi connectivity index (χ2v) is 7.81. The molecule has 0 aliphatic carbocycles. The van der Waals surface area contributed by atoms with Crippen LogP contribution in [0.4, 0.5) is 0 Å². The summed E-state index contributed by atoms with van der Waals surface area (Å²) in [4.78, 5) is 2.20. The number of halogens is 1. The molecule has 1 atom stereocenters. The van der Waals surface area contributed by atoms with Gasteiger partial charge >= 0.3 is 0 Å². The lowest BCUT2D eigenvalue weighted by atomic mass is 10.2. The molecule has 0 fully saturated rings. The molecule has 0 amide bonds. The number of thioether (sulfide) groups is 1. The predicted molar refractivity (Wildman–Crippen MR) is 96.1 cm³/mol. The summed E-state index contributed by atoms with van der Waals surface area (Å²) < 4.78 is 6.77. The summed E-state index contributed by atoms with van der Waals surface area (Å²) in [5, 5.41) is 13.9. The Morgan fingerprint density at radius 3 is 2.61 bits per heavy atom. The molecule has 0 aliphatic rings. The minimum absolute atomic E-state index is 0.276. The van der Waals surface area contributed by atoms with Gasteiger partial charge in [0.15, 0.2) is 11.0 Å². The van der Waals surface area contributed by atoms with Gasteiger partial charge in [0.05, 0.1) is 6.04 Å². The molecule has 128 valence electrons. The van der Waals surface area contributed by atoms with Crippen molar-refractivity contribution in [3.05, 3.63) is 15.9 Å². The summed E-state index contributed by atoms with van der Waals surface area (Å²) in [5.41, 5.74) is 0.813. The largest absolute Gasteiger partial charge is 0.305 e. The molecule has 0 bridgehead atoms. The van der Waals surface area contributed by atoms with Gasteiger partial charge in [-0.2, -0.15) is 0 Å². The third-order valence-electron chi connectivity index (χ3n) is 3.64. The first-order valence-corrected chi connectivity index (χ1v) is 9.91. The normalized spacial score (nSPS) is 13.0. The highest BCUT2D eigenvalue weighted by Gasteiger charge is 2.22. The fourth-order valence-corrected chi connectivity index (χ4v) is 4.08. The molecule has 6 nitrogen and oxygen atoms in total. The van der Waals surface area contributed by atoms with Crippen molar-refractivity contribution in [1.82, 2.24) is 29.3 Å². The topological polar surface area (TPSA) is 59.7 Å². The highest BCUT2D eigenvalue weighted by Crippen LogP contribution is 2.29. The SMILES string of the molecule is CCCCn1c(SCc2nnsc2Cl)nnc1C(CC)N(C)C. The van der Waals surface area contributed by atoms with Crippen LogP contribution in [0.15, 0.2) is 5.16 Å². The van der Waals surface area contributed by atoms with E-state index in [4.69, 9.17) is 11.6 Å². The van der Waals surface area contributed by atoms with E-state index < -0.39 is 0 Å². The van der Waals surface area contributed by atoms with Crippen molar-refractivity contribution in [3.63, 3.8) is 0 Å². The third-order valence-corrected chi connectivity index (χ3v) is 5.60. The lowest BCUT2D eigenvalue weighted by Crippen LogP contribution is -2.23. The Kier molecular flexibility index (Phi) is 7.26. The molecule has 0 radical (unpaired) electrons. The summed E-state index contributed by atoms with van der Waals surface area (Å²) in [6.07, 6.45) is 3.26. The van der Waals surface area contributed by atoms with E-state index in [2.05, 4.69) is 57.2 Å². The van der Waals surface area contributed by atoms with Crippen molar-refractivity contribution in [2.45, 2.75) is 56.6 Å². The molecule has 0 aliphatic heterocycles. The minimum Gasteiger partial charge on any atom is -0.305 e. The highest BCUT2D eigenvalue weighted by molar-refractivity contribution is 7.98. The summed E-state index contributed by atoms with van der Waals surface area (Å²) in [5.74, 6) is 1.70. The van der Waals surface area contributed by atoms with Crippen LogP contribution >= 0.6 is 34.9 Å². The molecule has 0 saturated carbocycles. The van der Waals surface area contributed by atoms with Crippen molar-refractivity contribution in [3.8, 4) is 0 Å². The maximum atomic E-state index is 6.08. The van der Waals surface area contributed by atoms with E-state index in [1.807, 2.05) is 0 Å². The Hall–Kier alpha value is -0.700. The number of nitrogens with zero attached hydrogens (tertiary/aromatic N) is 6. The van der Waals surface area contributed by atoms with Crippen LogP contribution in [0.2, 0.25) is 4.34 Å². The van der Waals surface area contributed by atoms with Crippen LogP contribution in [-0.4, -0.2) is 43.3 Å². The number of rotatable bonds is 9. The van der Waals surface area contributed by atoms with Gasteiger partial charge in [0.25, 0.3) is 0 Å². The van der Waals surface area contributed by atoms with E-state index in [9.17, 15) is 0 Å². The van der Waals surface area contributed by atoms with Gasteiger partial charge in [-0.05, 0) is 26.9 Å². The van der Waals surface area contributed by atoms with Crippen molar-refractivity contribution in [2.75, 3.05) is 14.1 Å². The van der Waals surface area contributed by atoms with Crippen LogP contribution in [0.1, 0.15) is 50.7 Å². The molecule has 2 aromatic rings. The molecule has 2 aromatic heterocycles. The quantitative estimate of drug-likeness (QED) is 0.620. The fraction of sp³-hybridized carbons (Fsp3) is 0.714. The van der Waals surface area contributed by atoms with E-state index in [0.717, 1.165) is 42.5 Å². The van der Waals surface area contributed by atoms with Crippen LogP contribution in [0.5, 0.6) is 0 Å². The molecule has 9 heteroatoms. The zero-order chi connectivity index (χ0) is 16.8. The van der Waals surface area contributed by atoms with Crippen LogP contribution in [0.3, 0.4) is 0 Å². The summed E-state index contributed by atoms with van der Waals surface area (Å²) in [7, 11) is 4.17. The second-order valence-electron chi connectivity index (χ2n) is 5.52. The van der Waals surface area contributed by atoms with Crippen LogP contribution in [-0.2, 0) is 12.3 Å². The van der Waals surface area contributed by atoms with E-state index >= 15 is 0 Å². The minimum atomic E-state index is 0.276. The van der Waals surface area contributed by atoms with Gasteiger partial charge in [-0.1, -0.05) is 48.1 Å². The molecule has 0 spiro atoms. The predicted octanol–water partition coefficient (Wildman–Crippen LogP) is 3.89. The third kappa shape index (κ3) is 4.65. The first kappa shape index (κ1) is 18.6. The average Bonchev–Trinajstić information content (AvgIpc) is 3.10. The van der Waals surface area contributed by atoms with Gasteiger partial charge in [-0.15, -0.1) is 15.3 Å². The average molecular weight is 375 g/mol. The maximum absolute atomic E-state index is 6.08. The van der Waals surface area contributed by atoms with Gasteiger partial charge < -0.3 is 4.57 Å². The van der Waals surface area contributed by atoms with E-state index in [1.54, 1.807) is 11.8 Å². The Balaban J connectivity index is 2.21. The van der Waals surface area contributed by atoms with Crippen molar-refractivity contribution in [1.29, 1.82) is 0 Å². The summed E-state index contributed by atoms with van der Waals surface area (Å²) >= 11 is 8.92. The lowest BCUT2D eigenvalue weighted by molar-refractivity contribution is 0.270. The van der Waals surface area contributed by atoms with E-state index in [1.165, 1.54) is 11.5 Å². The molecular formula is C14H23ClN6S2. The molecule has 0 N–H and O–H groups in total. The first-order chi connectivity index (χ1) is 11.1. The number of aromatic nitrogens is 5. The molecule has 0 saturated heterocycles. The van der Waals surface area contributed by atoms with E-state index in [0.29, 0.717) is 10.1 Å². The van der Waals surface area contributed by atoms with Crippen molar-refractivity contribution >= 4 is 34.9 Å². The molecule has 2 rings (SSSR count). The second kappa shape index (κ2) is 8.96. The van der Waals surface area contributed by atoms with Crippen molar-refractivity contribution in [2.24, 2.45) is 0 Å². The van der Waals surface area contributed by atoms with Gasteiger partial charge in [-0.3, -0.25) is 4.90 Å². The lowest BCUT2D eigenvalue weighted by Gasteiger charge is -2.23. The Labute approximate surface area is 150 Å². The smallest absolute Gasteiger partial charge is 0.191 e. The van der Waals surface area contributed by atoms with Crippen LogP contribution in [0.25, 0.3) is 0 Å². The Morgan fingerprint density at radius 1 is 1.26 bits per heavy atom. The number of hydrogen-bond donors (Lipinski definition) is 0. The van der Waals surface area contributed by atoms with Crippen molar-refractivity contribution < 1.29 is 0 Å². The van der Waals surface area contributed by atoms with E-state index in [-0.39, 0.29) is 6.04 Å². The number of unbranched alkanes of at least 4 members (excludes halogenated alkanes) is 1. The monoisotopic (exact) mass is 374 g/mol. The van der Waals surface area contributed by atoms with Crippen LogP contribution in [0, 0.1) is 0 Å². The molecule has 2 heterocycles. The standard InChI is InChI=1S/C14H23ClN6S2/c1-5-7-8-21-13(11(6-2)20(3)4)17-18-14(21)22-9-10-12(15)23-19-16-10/h11H,5-9H2,1-4H3. The first-order valence-electron chi connectivity index (χ1n) is 7.77. The van der Waals surface area contributed by atoms with Gasteiger partial charge in [-0.25, -0.2) is 0 Å². The molecule has 0 aromatic carbocycles. The summed E-state index contributed by atoms with van der Waals surface area (Å²) in [6.45, 7) is 5.31. The van der Waals surface area contributed by atoms with Crippen LogP contribution < -0.4 is 0 Å². The zero-order valence-corrected chi connectivity index (χ0v) is 16.4. The van der Waals surface area contributed by atoms with Gasteiger partial charge in [0.2, 0.25) is 0 Å². The summed E-state index contributed by atoms with van der Waals surface area (Å²) in [6, 6.07) is 0.276. The van der Waals surface area contributed by atoms with Gasteiger partial charge in [0, 0.05) is 23.8 Å². The maximum Gasteiger partial charge on any atom is 0.191 e. The fourth-order valence-electron chi connectivity index (χ4n) is 2.37. The molecular weight excluding hydrogens is 352 g/mol. The molecule has 1 unspecified atom stereocenters. The number of hydrogen-bond acceptors (Lipinski definition) is 7. The highest BCUT2D eigenvalue weighted by atomic mass is 35.5. The Morgan fingerprint density at radius 2 is 2.04 bits per heavy atom.